The topological polar surface area (TPSA) is 18.5 Å². The van der Waals surface area contributed by atoms with Crippen LogP contribution >= 0.6 is 0 Å². The summed E-state index contributed by atoms with van der Waals surface area (Å²) in [6.45, 7) is 0.705. The number of benzene rings is 4. The molecule has 0 aliphatic carbocycles. The summed E-state index contributed by atoms with van der Waals surface area (Å²) in [5.41, 5.74) is 1.33. The van der Waals surface area contributed by atoms with E-state index in [1.54, 1.807) is 36.4 Å². The third-order valence-electron chi connectivity index (χ3n) is 6.17. The summed E-state index contributed by atoms with van der Waals surface area (Å²) in [5.74, 6) is -4.20. The minimum Gasteiger partial charge on any atom is -0.493 e. The smallest absolute Gasteiger partial charge is 0.422 e. The number of ether oxygens (including phenoxy) is 2. The molecule has 4 aromatic carbocycles. The fourth-order valence-electron chi connectivity index (χ4n) is 4.18. The summed E-state index contributed by atoms with van der Waals surface area (Å²) >= 11 is 0. The molecule has 0 saturated carbocycles. The fraction of sp³-hybridized carbons (Fsp3) is 0.267. The second-order valence-corrected chi connectivity index (χ2v) is 9.11. The summed E-state index contributed by atoms with van der Waals surface area (Å²) in [5, 5.41) is 0.837. The van der Waals surface area contributed by atoms with E-state index in [-0.39, 0.29) is 24.0 Å². The van der Waals surface area contributed by atoms with Gasteiger partial charge in [0.1, 0.15) is 17.4 Å². The number of unbranched alkanes of at least 4 members (excludes halogenated alkanes) is 1. The molecular weight excluding hydrogens is 525 g/mol. The molecule has 0 atom stereocenters. The molecule has 0 aromatic heterocycles. The van der Waals surface area contributed by atoms with Crippen molar-refractivity contribution in [1.29, 1.82) is 0 Å². The predicted octanol–water partition coefficient (Wildman–Crippen LogP) is 8.97. The van der Waals surface area contributed by atoms with Crippen molar-refractivity contribution in [3.8, 4) is 22.6 Å². The van der Waals surface area contributed by atoms with Crippen molar-refractivity contribution in [3.05, 3.63) is 95.1 Å². The van der Waals surface area contributed by atoms with E-state index in [4.69, 9.17) is 4.74 Å². The van der Waals surface area contributed by atoms with Crippen molar-refractivity contribution in [3.63, 3.8) is 0 Å². The van der Waals surface area contributed by atoms with Crippen molar-refractivity contribution in [2.45, 2.75) is 38.8 Å². The van der Waals surface area contributed by atoms with E-state index in [0.29, 0.717) is 34.3 Å². The molecule has 0 saturated heterocycles. The van der Waals surface area contributed by atoms with Crippen LogP contribution in [0.4, 0.5) is 30.7 Å². The van der Waals surface area contributed by atoms with Crippen LogP contribution in [-0.4, -0.2) is 19.4 Å². The van der Waals surface area contributed by atoms with Gasteiger partial charge in [-0.25, -0.2) is 17.6 Å². The van der Waals surface area contributed by atoms with Gasteiger partial charge in [-0.3, -0.25) is 0 Å². The van der Waals surface area contributed by atoms with Crippen molar-refractivity contribution in [1.82, 2.24) is 0 Å². The molecule has 0 fully saturated rings. The lowest BCUT2D eigenvalue weighted by Gasteiger charge is -2.12. The molecule has 0 aliphatic heterocycles. The monoisotopic (exact) mass is 550 g/mol. The minimum absolute atomic E-state index is 0.0335. The van der Waals surface area contributed by atoms with Crippen molar-refractivity contribution >= 4 is 10.8 Å². The van der Waals surface area contributed by atoms with Crippen LogP contribution in [0.25, 0.3) is 21.9 Å². The van der Waals surface area contributed by atoms with Gasteiger partial charge in [0, 0.05) is 17.0 Å². The Kier molecular flexibility index (Phi) is 8.67. The van der Waals surface area contributed by atoms with Gasteiger partial charge in [-0.05, 0) is 71.7 Å². The molecule has 0 spiro atoms. The predicted molar refractivity (Wildman–Crippen MR) is 135 cm³/mol. The van der Waals surface area contributed by atoms with Gasteiger partial charge < -0.3 is 9.47 Å². The lowest BCUT2D eigenvalue weighted by Crippen LogP contribution is -2.20. The Balaban J connectivity index is 1.49. The molecule has 0 unspecified atom stereocenters. The molecule has 206 valence electrons. The minimum atomic E-state index is -4.74. The molecular formula is C30H25F7O2. The number of fused-ring (bicyclic) bond motifs is 1. The van der Waals surface area contributed by atoms with Crippen LogP contribution in [0.3, 0.4) is 0 Å². The van der Waals surface area contributed by atoms with Crippen LogP contribution < -0.4 is 9.47 Å². The van der Waals surface area contributed by atoms with Gasteiger partial charge >= 0.3 is 6.18 Å². The number of aryl methyl sites for hydroxylation is 2. The van der Waals surface area contributed by atoms with Gasteiger partial charge in [0.25, 0.3) is 0 Å². The first-order chi connectivity index (χ1) is 18.6. The number of hydrogen-bond acceptors (Lipinski definition) is 2. The Bertz CT molecular complexity index is 1440. The Morgan fingerprint density at radius 1 is 0.744 bits per heavy atom. The first-order valence-electron chi connectivity index (χ1n) is 12.4. The normalized spacial score (nSPS) is 11.7. The standard InChI is InChI=1S/C30H25F7O2/c1-2-3-12-38-22-9-11-23(25(31)16-22)20-8-10-24-21(15-20)7-6-19(28(24)34)5-4-18-13-26(32)29(27(33)14-18)39-17-30(35,36)37/h6-11,13-16H,2-5,12,17H2,1H3. The van der Waals surface area contributed by atoms with E-state index >= 15 is 4.39 Å². The highest BCUT2D eigenvalue weighted by molar-refractivity contribution is 5.88. The second kappa shape index (κ2) is 12.0. The SMILES string of the molecule is CCCCOc1ccc(-c2ccc3c(F)c(CCc4cc(F)c(OCC(F)(F)F)c(F)c4)ccc3c2)c(F)c1. The first-order valence-corrected chi connectivity index (χ1v) is 12.4. The molecule has 0 amide bonds. The van der Waals surface area contributed by atoms with Gasteiger partial charge in [0.05, 0.1) is 6.61 Å². The third kappa shape index (κ3) is 7.02. The molecule has 9 heteroatoms. The largest absolute Gasteiger partial charge is 0.493 e. The van der Waals surface area contributed by atoms with Gasteiger partial charge in [-0.15, -0.1) is 0 Å². The Hall–Kier alpha value is -3.75. The Morgan fingerprint density at radius 3 is 2.15 bits per heavy atom. The first kappa shape index (κ1) is 28.3. The van der Waals surface area contributed by atoms with Gasteiger partial charge in [-0.1, -0.05) is 37.6 Å². The van der Waals surface area contributed by atoms with Crippen LogP contribution in [-0.2, 0) is 12.8 Å². The fourth-order valence-corrected chi connectivity index (χ4v) is 4.18. The highest BCUT2D eigenvalue weighted by atomic mass is 19.4. The van der Waals surface area contributed by atoms with Crippen molar-refractivity contribution in [2.75, 3.05) is 13.2 Å². The van der Waals surface area contributed by atoms with Crippen LogP contribution in [0.5, 0.6) is 11.5 Å². The number of alkyl halides is 3. The van der Waals surface area contributed by atoms with Gasteiger partial charge in [-0.2, -0.15) is 13.2 Å². The average Bonchev–Trinajstić information content (AvgIpc) is 2.87. The average molecular weight is 551 g/mol. The third-order valence-corrected chi connectivity index (χ3v) is 6.17. The van der Waals surface area contributed by atoms with E-state index in [2.05, 4.69) is 4.74 Å². The number of hydrogen-bond donors (Lipinski definition) is 0. The van der Waals surface area contributed by atoms with E-state index in [1.165, 1.54) is 12.1 Å². The summed E-state index contributed by atoms with van der Waals surface area (Å²) in [4.78, 5) is 0. The molecule has 4 rings (SSSR count). The molecule has 2 nitrogen and oxygen atoms in total. The Morgan fingerprint density at radius 2 is 1.49 bits per heavy atom. The van der Waals surface area contributed by atoms with E-state index in [0.717, 1.165) is 25.0 Å². The maximum Gasteiger partial charge on any atom is 0.422 e. The molecule has 0 bridgehead atoms. The number of rotatable bonds is 10. The maximum atomic E-state index is 15.3. The zero-order chi connectivity index (χ0) is 28.2. The molecule has 4 aromatic rings. The van der Waals surface area contributed by atoms with Crippen LogP contribution in [0.15, 0.2) is 60.7 Å². The molecule has 0 radical (unpaired) electrons. The van der Waals surface area contributed by atoms with Crippen LogP contribution in [0.2, 0.25) is 0 Å². The van der Waals surface area contributed by atoms with E-state index in [1.807, 2.05) is 6.92 Å². The number of halogens is 7. The van der Waals surface area contributed by atoms with Crippen LogP contribution in [0.1, 0.15) is 30.9 Å². The molecule has 0 aliphatic rings. The molecule has 0 heterocycles. The summed E-state index contributed by atoms with van der Waals surface area (Å²) < 4.78 is 105. The zero-order valence-corrected chi connectivity index (χ0v) is 21.0. The van der Waals surface area contributed by atoms with E-state index < -0.39 is 41.8 Å². The van der Waals surface area contributed by atoms with Gasteiger partial charge in [0.2, 0.25) is 0 Å². The maximum absolute atomic E-state index is 15.3. The van der Waals surface area contributed by atoms with Gasteiger partial charge in [0.15, 0.2) is 24.0 Å². The molecule has 39 heavy (non-hydrogen) atoms. The quantitative estimate of drug-likeness (QED) is 0.145. The summed E-state index contributed by atoms with van der Waals surface area (Å²) in [6, 6.07) is 14.4. The lowest BCUT2D eigenvalue weighted by molar-refractivity contribution is -0.154. The zero-order valence-electron chi connectivity index (χ0n) is 21.0. The summed E-state index contributed by atoms with van der Waals surface area (Å²) in [7, 11) is 0. The van der Waals surface area contributed by atoms with Crippen molar-refractivity contribution in [2.24, 2.45) is 0 Å². The van der Waals surface area contributed by atoms with E-state index in [9.17, 15) is 26.3 Å². The summed E-state index contributed by atoms with van der Waals surface area (Å²) in [6.07, 6.45) is -2.80. The Labute approximate surface area is 221 Å². The highest BCUT2D eigenvalue weighted by Gasteiger charge is 2.30. The second-order valence-electron chi connectivity index (χ2n) is 9.11. The van der Waals surface area contributed by atoms with Crippen LogP contribution in [0, 0.1) is 23.3 Å². The highest BCUT2D eigenvalue weighted by Crippen LogP contribution is 2.32. The van der Waals surface area contributed by atoms with Crippen molar-refractivity contribution < 1.29 is 40.2 Å². The molecule has 0 N–H and O–H groups in total. The lowest BCUT2D eigenvalue weighted by atomic mass is 9.97.